The van der Waals surface area contributed by atoms with E-state index in [1.165, 1.54) is 17.8 Å². The van der Waals surface area contributed by atoms with Crippen LogP contribution in [0.1, 0.15) is 23.7 Å². The molecular weight excluding hydrogens is 462 g/mol. The van der Waals surface area contributed by atoms with E-state index in [-0.39, 0.29) is 5.15 Å². The zero-order valence-corrected chi connectivity index (χ0v) is 17.9. The van der Waals surface area contributed by atoms with Crippen molar-refractivity contribution < 1.29 is 4.79 Å². The minimum Gasteiger partial charge on any atom is -0.396 e. The minimum absolute atomic E-state index is 0.230. The number of pyridine rings is 1. The Kier molecular flexibility index (Phi) is 6.52. The molecule has 142 valence electrons. The molecule has 0 aliphatic carbocycles. The monoisotopic (exact) mass is 475 g/mol. The molecule has 0 radical (unpaired) electrons. The molecule has 0 saturated carbocycles. The number of hydrogen-bond donors (Lipinski definition) is 3. The van der Waals surface area contributed by atoms with Gasteiger partial charge in [-0.15, -0.1) is 0 Å². The van der Waals surface area contributed by atoms with Crippen LogP contribution in [-0.2, 0) is 6.42 Å². The van der Waals surface area contributed by atoms with Crippen molar-refractivity contribution in [3.8, 4) is 11.8 Å². The number of nitrogen functional groups attached to an aromatic ring is 1. The molecule has 0 fully saturated rings. The van der Waals surface area contributed by atoms with Crippen LogP contribution in [0.15, 0.2) is 41.0 Å². The molecule has 2 amide bonds. The van der Waals surface area contributed by atoms with Crippen molar-refractivity contribution in [1.82, 2.24) is 9.36 Å². The Bertz CT molecular complexity index is 1090. The minimum atomic E-state index is -0.478. The van der Waals surface area contributed by atoms with Crippen molar-refractivity contribution in [3.63, 3.8) is 0 Å². The maximum Gasteiger partial charge on any atom is 0.324 e. The maximum atomic E-state index is 12.2. The Morgan fingerprint density at radius 3 is 2.93 bits per heavy atom. The third-order valence-electron chi connectivity index (χ3n) is 3.67. The normalized spacial score (nSPS) is 10.1. The number of nitrogens with one attached hydrogen (secondary N) is 2. The van der Waals surface area contributed by atoms with Crippen molar-refractivity contribution in [3.05, 3.63) is 63.0 Å². The Balaban J connectivity index is 1.72. The first-order chi connectivity index (χ1) is 13.5. The molecule has 2 aromatic heterocycles. The number of nitrogens with zero attached hydrogens (tertiary/aromatic N) is 2. The highest BCUT2D eigenvalue weighted by Crippen LogP contribution is 2.30. The van der Waals surface area contributed by atoms with Gasteiger partial charge in [0.1, 0.15) is 15.8 Å². The van der Waals surface area contributed by atoms with Gasteiger partial charge in [0.25, 0.3) is 0 Å². The lowest BCUT2D eigenvalue weighted by atomic mass is 10.1. The number of halogens is 2. The van der Waals surface area contributed by atoms with Crippen LogP contribution in [0.4, 0.5) is 21.2 Å². The Morgan fingerprint density at radius 2 is 2.14 bits per heavy atom. The molecule has 2 heterocycles. The fraction of sp³-hybridized carbons (Fsp3) is 0.105. The molecule has 0 aliphatic rings. The van der Waals surface area contributed by atoms with E-state index < -0.39 is 6.03 Å². The van der Waals surface area contributed by atoms with Crippen molar-refractivity contribution in [2.75, 3.05) is 16.4 Å². The average molecular weight is 477 g/mol. The highest BCUT2D eigenvalue weighted by molar-refractivity contribution is 9.10. The van der Waals surface area contributed by atoms with Crippen molar-refractivity contribution in [2.24, 2.45) is 0 Å². The van der Waals surface area contributed by atoms with Gasteiger partial charge in [-0.1, -0.05) is 36.6 Å². The smallest absolute Gasteiger partial charge is 0.324 e. The number of aryl methyl sites for hydroxylation is 1. The lowest BCUT2D eigenvalue weighted by molar-refractivity contribution is 0.262. The number of carbonyl (C=O) groups is 1. The number of hydrogen-bond acceptors (Lipinski definition) is 5. The molecule has 0 atom stereocenters. The van der Waals surface area contributed by atoms with E-state index in [4.69, 9.17) is 17.3 Å². The van der Waals surface area contributed by atoms with E-state index in [1.54, 1.807) is 0 Å². The number of anilines is 3. The fourth-order valence-corrected chi connectivity index (χ4v) is 3.65. The summed E-state index contributed by atoms with van der Waals surface area (Å²) in [6.07, 6.45) is 2.33. The van der Waals surface area contributed by atoms with Gasteiger partial charge in [-0.05, 0) is 57.5 Å². The third kappa shape index (κ3) is 5.01. The highest BCUT2D eigenvalue weighted by atomic mass is 79.9. The van der Waals surface area contributed by atoms with E-state index in [0.29, 0.717) is 26.5 Å². The highest BCUT2D eigenvalue weighted by Gasteiger charge is 2.13. The van der Waals surface area contributed by atoms with Crippen LogP contribution in [0.25, 0.3) is 0 Å². The summed E-state index contributed by atoms with van der Waals surface area (Å²) < 4.78 is 4.91. The van der Waals surface area contributed by atoms with Gasteiger partial charge in [-0.25, -0.2) is 9.78 Å². The second-order valence-electron chi connectivity index (χ2n) is 5.65. The largest absolute Gasteiger partial charge is 0.396 e. The molecule has 3 aromatic rings. The van der Waals surface area contributed by atoms with Crippen molar-refractivity contribution in [2.45, 2.75) is 13.3 Å². The Labute approximate surface area is 179 Å². The van der Waals surface area contributed by atoms with Crippen LogP contribution in [0, 0.1) is 11.8 Å². The van der Waals surface area contributed by atoms with Gasteiger partial charge in [0.2, 0.25) is 0 Å². The summed E-state index contributed by atoms with van der Waals surface area (Å²) in [5.41, 5.74) is 9.14. The van der Waals surface area contributed by atoms with Crippen LogP contribution in [0.3, 0.4) is 0 Å². The second kappa shape index (κ2) is 9.06. The third-order valence-corrected chi connectivity index (χ3v) is 5.68. The zero-order valence-electron chi connectivity index (χ0n) is 14.7. The van der Waals surface area contributed by atoms with Crippen LogP contribution < -0.4 is 16.4 Å². The van der Waals surface area contributed by atoms with Gasteiger partial charge >= 0.3 is 6.03 Å². The zero-order chi connectivity index (χ0) is 20.1. The Morgan fingerprint density at radius 1 is 1.32 bits per heavy atom. The van der Waals surface area contributed by atoms with Crippen LogP contribution in [0.2, 0.25) is 5.15 Å². The summed E-state index contributed by atoms with van der Waals surface area (Å²) in [6, 6.07) is 9.03. The molecular formula is C19H15BrClN5OS. The lowest BCUT2D eigenvalue weighted by Gasteiger charge is -2.08. The summed E-state index contributed by atoms with van der Waals surface area (Å²) in [4.78, 5) is 16.1. The summed E-state index contributed by atoms with van der Waals surface area (Å²) >= 11 is 10.4. The van der Waals surface area contributed by atoms with E-state index in [0.717, 1.165) is 23.5 Å². The van der Waals surface area contributed by atoms with Crippen LogP contribution >= 0.6 is 39.1 Å². The van der Waals surface area contributed by atoms with Gasteiger partial charge in [-0.3, -0.25) is 5.32 Å². The molecule has 0 aliphatic heterocycles. The van der Waals surface area contributed by atoms with Crippen molar-refractivity contribution >= 4 is 61.5 Å². The van der Waals surface area contributed by atoms with E-state index >= 15 is 0 Å². The number of benzene rings is 1. The molecule has 28 heavy (non-hydrogen) atoms. The molecule has 4 N–H and O–H groups in total. The lowest BCUT2D eigenvalue weighted by Crippen LogP contribution is -2.19. The number of rotatable bonds is 3. The fourth-order valence-electron chi connectivity index (χ4n) is 2.24. The van der Waals surface area contributed by atoms with Gasteiger partial charge in [0, 0.05) is 11.6 Å². The summed E-state index contributed by atoms with van der Waals surface area (Å²) in [5.74, 6) is 6.12. The van der Waals surface area contributed by atoms with Gasteiger partial charge < -0.3 is 11.1 Å². The standard InChI is InChI=1S/C19H15BrClN5OS/c1-2-11-4-3-5-12(8-11)6-7-14-17(20)18(28-26-14)25-19(27)24-15-9-16(21)23-10-13(15)22/h3-5,8-10H,2,22H2,1H3,(H2,23,24,25,27). The molecule has 0 spiro atoms. The second-order valence-corrected chi connectivity index (χ2v) is 7.61. The number of urea groups is 1. The number of amides is 2. The SMILES string of the molecule is CCc1cccc(C#Cc2nsc(NC(=O)Nc3cc(Cl)ncc3N)c2Br)c1. The van der Waals surface area contributed by atoms with Gasteiger partial charge in [0.15, 0.2) is 0 Å². The maximum absolute atomic E-state index is 12.2. The number of nitrogens with two attached hydrogens (primary N) is 1. The topological polar surface area (TPSA) is 92.9 Å². The average Bonchev–Trinajstić information content (AvgIpc) is 3.02. The molecule has 1 aromatic carbocycles. The van der Waals surface area contributed by atoms with E-state index in [9.17, 15) is 4.79 Å². The molecule has 9 heteroatoms. The van der Waals surface area contributed by atoms with Crippen LogP contribution in [-0.4, -0.2) is 15.4 Å². The van der Waals surface area contributed by atoms with E-state index in [2.05, 4.69) is 60.8 Å². The summed E-state index contributed by atoms with van der Waals surface area (Å²) in [5, 5.41) is 6.10. The van der Waals surface area contributed by atoms with Gasteiger partial charge in [0.05, 0.1) is 22.0 Å². The predicted molar refractivity (Wildman–Crippen MR) is 118 cm³/mol. The Hall–Kier alpha value is -2.60. The first-order valence-corrected chi connectivity index (χ1v) is 10.2. The quantitative estimate of drug-likeness (QED) is 0.360. The molecule has 0 bridgehead atoms. The molecule has 3 rings (SSSR count). The van der Waals surface area contributed by atoms with E-state index in [1.807, 2.05) is 18.2 Å². The number of carbonyl (C=O) groups excluding carboxylic acids is 1. The van der Waals surface area contributed by atoms with Crippen LogP contribution in [0.5, 0.6) is 0 Å². The first kappa shape index (κ1) is 20.1. The molecule has 0 unspecified atom stereocenters. The summed E-state index contributed by atoms with van der Waals surface area (Å²) in [6.45, 7) is 2.10. The molecule has 6 nitrogen and oxygen atoms in total. The summed E-state index contributed by atoms with van der Waals surface area (Å²) in [7, 11) is 0. The predicted octanol–water partition coefficient (Wildman–Crippen LogP) is 5.14. The number of aromatic nitrogens is 2. The first-order valence-electron chi connectivity index (χ1n) is 8.21. The molecule has 0 saturated heterocycles. The van der Waals surface area contributed by atoms with Gasteiger partial charge in [-0.2, -0.15) is 4.37 Å². The van der Waals surface area contributed by atoms with Crippen molar-refractivity contribution in [1.29, 1.82) is 0 Å².